The topological polar surface area (TPSA) is 67.4 Å². The lowest BCUT2D eigenvalue weighted by Crippen LogP contribution is -2.41. The molecule has 2 rings (SSSR count). The first-order valence-electron chi connectivity index (χ1n) is 6.20. The summed E-state index contributed by atoms with van der Waals surface area (Å²) in [5, 5.41) is 4.92. The first kappa shape index (κ1) is 13.4. The number of hydrogen-bond acceptors (Lipinski definition) is 3. The Hall–Kier alpha value is -2.04. The van der Waals surface area contributed by atoms with E-state index in [0.29, 0.717) is 17.2 Å². The molecule has 0 saturated carbocycles. The van der Waals surface area contributed by atoms with Crippen LogP contribution in [0, 0.1) is 0 Å². The van der Waals surface area contributed by atoms with E-state index >= 15 is 0 Å². The van der Waals surface area contributed by atoms with Crippen molar-refractivity contribution >= 4 is 11.9 Å². The van der Waals surface area contributed by atoms with Crippen molar-refractivity contribution in [2.45, 2.75) is 32.2 Å². The minimum atomic E-state index is -1.09. The van der Waals surface area contributed by atoms with Gasteiger partial charge < -0.3 is 10.1 Å². The summed E-state index contributed by atoms with van der Waals surface area (Å²) in [5.41, 5.74) is 0.670. The molecule has 1 saturated heterocycles. The van der Waals surface area contributed by atoms with Crippen LogP contribution in [0.15, 0.2) is 18.2 Å². The van der Waals surface area contributed by atoms with Crippen LogP contribution >= 0.6 is 0 Å². The number of imide groups is 1. The first-order chi connectivity index (χ1) is 8.88. The van der Waals surface area contributed by atoms with Gasteiger partial charge >= 0.3 is 6.03 Å². The van der Waals surface area contributed by atoms with Gasteiger partial charge in [-0.1, -0.05) is 19.9 Å². The van der Waals surface area contributed by atoms with E-state index in [-0.39, 0.29) is 5.91 Å². The Morgan fingerprint density at radius 1 is 1.26 bits per heavy atom. The molecule has 1 aliphatic rings. The van der Waals surface area contributed by atoms with Crippen LogP contribution in [-0.4, -0.2) is 19.0 Å². The van der Waals surface area contributed by atoms with E-state index < -0.39 is 11.6 Å². The molecule has 1 aliphatic heterocycles. The summed E-state index contributed by atoms with van der Waals surface area (Å²) < 4.78 is 5.31. The van der Waals surface area contributed by atoms with Gasteiger partial charge in [-0.3, -0.25) is 10.1 Å². The van der Waals surface area contributed by atoms with Crippen LogP contribution in [0.4, 0.5) is 4.79 Å². The van der Waals surface area contributed by atoms with E-state index in [1.165, 1.54) is 0 Å². The normalized spacial score (nSPS) is 22.4. The van der Waals surface area contributed by atoms with Gasteiger partial charge in [-0.05, 0) is 30.5 Å². The fourth-order valence-corrected chi connectivity index (χ4v) is 2.21. The fourth-order valence-electron chi connectivity index (χ4n) is 2.21. The third-order valence-corrected chi connectivity index (χ3v) is 3.47. The zero-order valence-electron chi connectivity index (χ0n) is 11.5. The lowest BCUT2D eigenvalue weighted by Gasteiger charge is -2.24. The second kappa shape index (κ2) is 4.57. The van der Waals surface area contributed by atoms with Gasteiger partial charge in [0.15, 0.2) is 0 Å². The molecule has 3 amide bonds. The molecule has 1 fully saturated rings. The Balaban J connectivity index is 2.56. The molecule has 1 aromatic carbocycles. The van der Waals surface area contributed by atoms with E-state index in [1.807, 2.05) is 18.2 Å². The Labute approximate surface area is 112 Å². The molecule has 5 heteroatoms. The minimum Gasteiger partial charge on any atom is -0.496 e. The smallest absolute Gasteiger partial charge is 0.322 e. The number of carbonyl (C=O) groups excluding carboxylic acids is 2. The lowest BCUT2D eigenvalue weighted by molar-refractivity contribution is -0.123. The molecule has 0 spiro atoms. The maximum absolute atomic E-state index is 12.0. The monoisotopic (exact) mass is 262 g/mol. The highest BCUT2D eigenvalue weighted by Crippen LogP contribution is 2.34. The molecule has 1 heterocycles. The number of hydrogen-bond donors (Lipinski definition) is 2. The van der Waals surface area contributed by atoms with Crippen LogP contribution in [0.5, 0.6) is 5.75 Å². The van der Waals surface area contributed by atoms with Crippen LogP contribution in [0.3, 0.4) is 0 Å². The highest BCUT2D eigenvalue weighted by molar-refractivity contribution is 6.07. The van der Waals surface area contributed by atoms with Crippen molar-refractivity contribution in [3.05, 3.63) is 29.3 Å². The molecule has 0 bridgehead atoms. The minimum absolute atomic E-state index is 0.327. The molecule has 5 nitrogen and oxygen atoms in total. The highest BCUT2D eigenvalue weighted by Gasteiger charge is 2.45. The maximum Gasteiger partial charge on any atom is 0.322 e. The summed E-state index contributed by atoms with van der Waals surface area (Å²) >= 11 is 0. The Morgan fingerprint density at radius 2 is 1.95 bits per heavy atom. The average molecular weight is 262 g/mol. The molecule has 0 aliphatic carbocycles. The molecule has 102 valence electrons. The van der Waals surface area contributed by atoms with Gasteiger partial charge in [0.2, 0.25) is 0 Å². The van der Waals surface area contributed by atoms with Gasteiger partial charge in [0, 0.05) is 5.56 Å². The number of carbonyl (C=O) groups is 2. The number of benzene rings is 1. The second-order valence-corrected chi connectivity index (χ2v) is 5.15. The number of amides is 3. The van der Waals surface area contributed by atoms with Crippen molar-refractivity contribution in [1.82, 2.24) is 10.6 Å². The fraction of sp³-hybridized carbons (Fsp3) is 0.429. The second-order valence-electron chi connectivity index (χ2n) is 5.15. The van der Waals surface area contributed by atoms with Gasteiger partial charge in [0.25, 0.3) is 5.91 Å². The number of nitrogens with one attached hydrogen (secondary N) is 2. The van der Waals surface area contributed by atoms with E-state index in [0.717, 1.165) is 5.56 Å². The van der Waals surface area contributed by atoms with Crippen LogP contribution in [-0.2, 0) is 10.3 Å². The predicted molar refractivity (Wildman–Crippen MR) is 71.1 cm³/mol. The van der Waals surface area contributed by atoms with Crippen LogP contribution in [0.2, 0.25) is 0 Å². The number of rotatable bonds is 3. The van der Waals surface area contributed by atoms with E-state index in [2.05, 4.69) is 24.5 Å². The first-order valence-corrected chi connectivity index (χ1v) is 6.20. The molecule has 2 N–H and O–H groups in total. The maximum atomic E-state index is 12.0. The lowest BCUT2D eigenvalue weighted by atomic mass is 9.88. The standard InChI is InChI=1S/C14H18N2O3/c1-8(2)9-5-6-11(19-4)10(7-9)14(3)12(17)15-13(18)16-14/h5-8H,1-4H3,(H2,15,16,17,18). The summed E-state index contributed by atoms with van der Waals surface area (Å²) in [6.45, 7) is 5.82. The number of ether oxygens (including phenoxy) is 1. The van der Waals surface area contributed by atoms with Gasteiger partial charge in [0.1, 0.15) is 11.3 Å². The molecular formula is C14H18N2O3. The third-order valence-electron chi connectivity index (χ3n) is 3.47. The Bertz CT molecular complexity index is 539. The van der Waals surface area contributed by atoms with Crippen LogP contribution in [0.1, 0.15) is 37.8 Å². The zero-order chi connectivity index (χ0) is 14.2. The number of urea groups is 1. The van der Waals surface area contributed by atoms with Gasteiger partial charge in [-0.2, -0.15) is 0 Å². The van der Waals surface area contributed by atoms with E-state index in [1.54, 1.807) is 14.0 Å². The summed E-state index contributed by atoms with van der Waals surface area (Å²) in [4.78, 5) is 23.4. The van der Waals surface area contributed by atoms with Crippen molar-refractivity contribution in [2.75, 3.05) is 7.11 Å². The van der Waals surface area contributed by atoms with Gasteiger partial charge in [-0.25, -0.2) is 4.79 Å². The summed E-state index contributed by atoms with van der Waals surface area (Å²) in [6, 6.07) is 5.22. The summed E-state index contributed by atoms with van der Waals surface area (Å²) in [6.07, 6.45) is 0. The van der Waals surface area contributed by atoms with Crippen LogP contribution < -0.4 is 15.4 Å². The van der Waals surface area contributed by atoms with Crippen LogP contribution in [0.25, 0.3) is 0 Å². The third kappa shape index (κ3) is 2.16. The van der Waals surface area contributed by atoms with Crippen molar-refractivity contribution in [3.8, 4) is 5.75 Å². The van der Waals surface area contributed by atoms with Crippen molar-refractivity contribution in [2.24, 2.45) is 0 Å². The largest absolute Gasteiger partial charge is 0.496 e. The highest BCUT2D eigenvalue weighted by atomic mass is 16.5. The molecule has 19 heavy (non-hydrogen) atoms. The van der Waals surface area contributed by atoms with Crippen molar-refractivity contribution in [1.29, 1.82) is 0 Å². The van der Waals surface area contributed by atoms with Crippen molar-refractivity contribution < 1.29 is 14.3 Å². The Morgan fingerprint density at radius 3 is 2.42 bits per heavy atom. The van der Waals surface area contributed by atoms with Gasteiger partial charge in [-0.15, -0.1) is 0 Å². The summed E-state index contributed by atoms with van der Waals surface area (Å²) in [5.74, 6) is 0.550. The number of methoxy groups -OCH3 is 1. The molecule has 1 aromatic rings. The average Bonchev–Trinajstić information content (AvgIpc) is 2.63. The quantitative estimate of drug-likeness (QED) is 0.817. The molecular weight excluding hydrogens is 244 g/mol. The molecule has 1 unspecified atom stereocenters. The Kier molecular flexibility index (Phi) is 3.22. The zero-order valence-corrected chi connectivity index (χ0v) is 11.5. The van der Waals surface area contributed by atoms with Gasteiger partial charge in [0.05, 0.1) is 7.11 Å². The molecule has 0 radical (unpaired) electrons. The van der Waals surface area contributed by atoms with E-state index in [4.69, 9.17) is 4.74 Å². The molecule has 1 atom stereocenters. The van der Waals surface area contributed by atoms with E-state index in [9.17, 15) is 9.59 Å². The SMILES string of the molecule is COc1ccc(C(C)C)cc1C1(C)NC(=O)NC1=O. The predicted octanol–water partition coefficient (Wildman–Crippen LogP) is 1.87. The molecule has 0 aromatic heterocycles. The summed E-state index contributed by atoms with van der Waals surface area (Å²) in [7, 11) is 1.55. The van der Waals surface area contributed by atoms with Crippen molar-refractivity contribution in [3.63, 3.8) is 0 Å².